The molecule has 6 heteroatoms. The smallest absolute Gasteiger partial charge is 0.254 e. The lowest BCUT2D eigenvalue weighted by Crippen LogP contribution is -2.40. The second-order valence-corrected chi connectivity index (χ2v) is 7.37. The molecule has 0 spiro atoms. The molecule has 0 radical (unpaired) electrons. The lowest BCUT2D eigenvalue weighted by atomic mass is 9.88. The summed E-state index contributed by atoms with van der Waals surface area (Å²) in [6, 6.07) is 5.32. The van der Waals surface area contributed by atoms with Gasteiger partial charge in [-0.25, -0.2) is 0 Å². The summed E-state index contributed by atoms with van der Waals surface area (Å²) in [5, 5.41) is 0. The van der Waals surface area contributed by atoms with Crippen LogP contribution in [0.15, 0.2) is 18.2 Å². The molecule has 26 heavy (non-hydrogen) atoms. The van der Waals surface area contributed by atoms with E-state index in [1.807, 2.05) is 9.80 Å². The van der Waals surface area contributed by atoms with Crippen molar-refractivity contribution in [3.8, 4) is 11.5 Å². The average Bonchev–Trinajstić information content (AvgIpc) is 3.02. The Balaban J connectivity index is 1.38. The number of carbonyl (C=O) groups excluding carboxylic acids is 2. The zero-order chi connectivity index (χ0) is 17.9. The topological polar surface area (TPSA) is 59.1 Å². The molecular weight excluding hydrogens is 332 g/mol. The van der Waals surface area contributed by atoms with Crippen LogP contribution >= 0.6 is 0 Å². The van der Waals surface area contributed by atoms with Gasteiger partial charge in [-0.05, 0) is 37.5 Å². The number of ether oxygens (including phenoxy) is 2. The van der Waals surface area contributed by atoms with Gasteiger partial charge in [0.2, 0.25) is 12.7 Å². The lowest BCUT2D eigenvalue weighted by Gasteiger charge is -2.28. The number of carbonyl (C=O) groups is 2. The third-order valence-corrected chi connectivity index (χ3v) is 5.67. The summed E-state index contributed by atoms with van der Waals surface area (Å²) < 4.78 is 10.7. The first-order chi connectivity index (χ1) is 12.7. The van der Waals surface area contributed by atoms with E-state index in [9.17, 15) is 9.59 Å². The SMILES string of the molecule is O=C(c1ccc2c(c1)OCO2)N1CCCN(C(=O)C2CCCCC2)CC1. The van der Waals surface area contributed by atoms with Crippen LogP contribution in [-0.2, 0) is 4.79 Å². The quantitative estimate of drug-likeness (QED) is 0.816. The van der Waals surface area contributed by atoms with Gasteiger partial charge in [0.1, 0.15) is 0 Å². The largest absolute Gasteiger partial charge is 0.454 e. The first-order valence-electron chi connectivity index (χ1n) is 9.70. The zero-order valence-corrected chi connectivity index (χ0v) is 15.1. The molecule has 0 bridgehead atoms. The van der Waals surface area contributed by atoms with Gasteiger partial charge in [-0.2, -0.15) is 0 Å². The molecule has 1 saturated heterocycles. The highest BCUT2D eigenvalue weighted by molar-refractivity contribution is 5.95. The van der Waals surface area contributed by atoms with Crippen molar-refractivity contribution in [1.29, 1.82) is 0 Å². The lowest BCUT2D eigenvalue weighted by molar-refractivity contribution is -0.136. The molecule has 6 nitrogen and oxygen atoms in total. The molecule has 0 unspecified atom stereocenters. The van der Waals surface area contributed by atoms with Gasteiger partial charge in [0.05, 0.1) is 0 Å². The first-order valence-corrected chi connectivity index (χ1v) is 9.70. The molecule has 0 atom stereocenters. The van der Waals surface area contributed by atoms with Crippen LogP contribution in [-0.4, -0.2) is 54.6 Å². The number of hydrogen-bond acceptors (Lipinski definition) is 4. The Hall–Kier alpha value is -2.24. The summed E-state index contributed by atoms with van der Waals surface area (Å²) in [6.07, 6.45) is 6.46. The van der Waals surface area contributed by atoms with Crippen molar-refractivity contribution >= 4 is 11.8 Å². The highest BCUT2D eigenvalue weighted by Gasteiger charge is 2.29. The fourth-order valence-electron chi connectivity index (χ4n) is 4.16. The highest BCUT2D eigenvalue weighted by Crippen LogP contribution is 2.33. The number of hydrogen-bond donors (Lipinski definition) is 0. The Bertz CT molecular complexity index is 684. The van der Waals surface area contributed by atoms with Gasteiger partial charge >= 0.3 is 0 Å². The van der Waals surface area contributed by atoms with Crippen molar-refractivity contribution in [3.05, 3.63) is 23.8 Å². The second kappa shape index (κ2) is 7.56. The Morgan fingerprint density at radius 1 is 0.846 bits per heavy atom. The van der Waals surface area contributed by atoms with E-state index >= 15 is 0 Å². The van der Waals surface area contributed by atoms with Gasteiger partial charge < -0.3 is 19.3 Å². The van der Waals surface area contributed by atoms with Gasteiger partial charge in [-0.3, -0.25) is 9.59 Å². The van der Waals surface area contributed by atoms with E-state index in [2.05, 4.69) is 0 Å². The molecule has 2 heterocycles. The van der Waals surface area contributed by atoms with E-state index in [-0.39, 0.29) is 18.6 Å². The Morgan fingerprint density at radius 3 is 2.42 bits per heavy atom. The van der Waals surface area contributed by atoms with E-state index in [0.717, 1.165) is 25.8 Å². The maximum absolute atomic E-state index is 12.9. The zero-order valence-electron chi connectivity index (χ0n) is 15.1. The van der Waals surface area contributed by atoms with E-state index in [1.54, 1.807) is 18.2 Å². The van der Waals surface area contributed by atoms with E-state index in [1.165, 1.54) is 19.3 Å². The molecule has 3 aliphatic rings. The van der Waals surface area contributed by atoms with E-state index < -0.39 is 0 Å². The Kier molecular flexibility index (Phi) is 5.00. The molecule has 0 N–H and O–H groups in total. The van der Waals surface area contributed by atoms with Crippen LogP contribution in [0.2, 0.25) is 0 Å². The van der Waals surface area contributed by atoms with Crippen molar-refractivity contribution in [1.82, 2.24) is 9.80 Å². The van der Waals surface area contributed by atoms with E-state index in [0.29, 0.717) is 42.6 Å². The normalized spacial score (nSPS) is 20.8. The molecule has 1 aromatic rings. The van der Waals surface area contributed by atoms with Crippen molar-refractivity contribution in [2.24, 2.45) is 5.92 Å². The monoisotopic (exact) mass is 358 g/mol. The summed E-state index contributed by atoms with van der Waals surface area (Å²) in [4.78, 5) is 29.5. The first kappa shape index (κ1) is 17.2. The highest BCUT2D eigenvalue weighted by atomic mass is 16.7. The fraction of sp³-hybridized carbons (Fsp3) is 0.600. The molecule has 2 aliphatic heterocycles. The maximum atomic E-state index is 12.9. The van der Waals surface area contributed by atoms with E-state index in [4.69, 9.17) is 9.47 Å². The van der Waals surface area contributed by atoms with Gasteiger partial charge in [0.15, 0.2) is 11.5 Å². The minimum absolute atomic E-state index is 0.00438. The summed E-state index contributed by atoms with van der Waals surface area (Å²) >= 11 is 0. The molecule has 140 valence electrons. The number of benzene rings is 1. The van der Waals surface area contributed by atoms with Crippen LogP contribution in [0.5, 0.6) is 11.5 Å². The minimum atomic E-state index is -0.00438. The summed E-state index contributed by atoms with van der Waals surface area (Å²) in [5.74, 6) is 1.79. The number of fused-ring (bicyclic) bond motifs is 1. The molecule has 2 fully saturated rings. The molecule has 0 aromatic heterocycles. The molecular formula is C20H26N2O4. The minimum Gasteiger partial charge on any atom is -0.454 e. The van der Waals surface area contributed by atoms with Crippen molar-refractivity contribution in [2.75, 3.05) is 33.0 Å². The van der Waals surface area contributed by atoms with Crippen LogP contribution < -0.4 is 9.47 Å². The van der Waals surface area contributed by atoms with Gasteiger partial charge in [0.25, 0.3) is 5.91 Å². The summed E-state index contributed by atoms with van der Waals surface area (Å²) in [7, 11) is 0. The third kappa shape index (κ3) is 3.50. The number of nitrogens with zero attached hydrogens (tertiary/aromatic N) is 2. The summed E-state index contributed by atoms with van der Waals surface area (Å²) in [6.45, 7) is 2.86. The van der Waals surface area contributed by atoms with Crippen molar-refractivity contribution < 1.29 is 19.1 Å². The number of amides is 2. The second-order valence-electron chi connectivity index (χ2n) is 7.37. The number of rotatable bonds is 2. The van der Waals surface area contributed by atoms with Gasteiger partial charge in [-0.1, -0.05) is 19.3 Å². The van der Waals surface area contributed by atoms with Crippen LogP contribution in [0.3, 0.4) is 0 Å². The van der Waals surface area contributed by atoms with Crippen LogP contribution in [0.4, 0.5) is 0 Å². The van der Waals surface area contributed by atoms with Gasteiger partial charge in [-0.15, -0.1) is 0 Å². The molecule has 4 rings (SSSR count). The standard InChI is InChI=1S/C20H26N2O4/c23-19(15-5-2-1-3-6-15)21-9-4-10-22(12-11-21)20(24)16-7-8-17-18(13-16)26-14-25-17/h7-8,13,15H,1-6,9-12,14H2. The Labute approximate surface area is 154 Å². The third-order valence-electron chi connectivity index (χ3n) is 5.67. The average molecular weight is 358 g/mol. The summed E-state index contributed by atoms with van der Waals surface area (Å²) in [5.41, 5.74) is 0.612. The Morgan fingerprint density at radius 2 is 1.58 bits per heavy atom. The molecule has 1 saturated carbocycles. The van der Waals surface area contributed by atoms with Crippen molar-refractivity contribution in [2.45, 2.75) is 38.5 Å². The predicted octanol–water partition coefficient (Wildman–Crippen LogP) is 2.67. The van der Waals surface area contributed by atoms with Crippen LogP contribution in [0.1, 0.15) is 48.9 Å². The van der Waals surface area contributed by atoms with Gasteiger partial charge in [0, 0.05) is 37.7 Å². The van der Waals surface area contributed by atoms with Crippen molar-refractivity contribution in [3.63, 3.8) is 0 Å². The molecule has 1 aliphatic carbocycles. The predicted molar refractivity (Wildman–Crippen MR) is 96.2 cm³/mol. The van der Waals surface area contributed by atoms with Crippen LogP contribution in [0.25, 0.3) is 0 Å². The van der Waals surface area contributed by atoms with Crippen LogP contribution in [0, 0.1) is 5.92 Å². The fourth-order valence-corrected chi connectivity index (χ4v) is 4.16. The molecule has 2 amide bonds. The maximum Gasteiger partial charge on any atom is 0.254 e. The molecule has 1 aromatic carbocycles.